The predicted molar refractivity (Wildman–Crippen MR) is 110 cm³/mol. The van der Waals surface area contributed by atoms with E-state index in [-0.39, 0.29) is 6.03 Å². The molecule has 0 spiro atoms. The van der Waals surface area contributed by atoms with Gasteiger partial charge >= 0.3 is 6.03 Å². The van der Waals surface area contributed by atoms with Crippen molar-refractivity contribution in [3.63, 3.8) is 0 Å². The van der Waals surface area contributed by atoms with Gasteiger partial charge in [-0.25, -0.2) is 4.79 Å². The van der Waals surface area contributed by atoms with Gasteiger partial charge in [-0.05, 0) is 55.3 Å². The van der Waals surface area contributed by atoms with Crippen LogP contribution in [0.25, 0.3) is 0 Å². The van der Waals surface area contributed by atoms with Crippen LogP contribution in [0.5, 0.6) is 5.75 Å². The normalized spacial score (nSPS) is 18.2. The summed E-state index contributed by atoms with van der Waals surface area (Å²) in [5.41, 5.74) is 2.24. The third-order valence-corrected chi connectivity index (χ3v) is 6.56. The molecular weight excluding hydrogens is 358 g/mol. The largest absolute Gasteiger partial charge is 0.492 e. The van der Waals surface area contributed by atoms with E-state index in [0.29, 0.717) is 12.6 Å². The number of amides is 2. The van der Waals surface area contributed by atoms with Crippen molar-refractivity contribution in [1.82, 2.24) is 9.80 Å². The lowest BCUT2D eigenvalue weighted by Crippen LogP contribution is -2.48. The van der Waals surface area contributed by atoms with Gasteiger partial charge in [0.15, 0.2) is 0 Å². The molecule has 0 saturated carbocycles. The maximum Gasteiger partial charge on any atom is 0.321 e. The van der Waals surface area contributed by atoms with Crippen LogP contribution >= 0.6 is 11.3 Å². The summed E-state index contributed by atoms with van der Waals surface area (Å²) < 4.78 is 5.60. The Morgan fingerprint density at radius 2 is 2.04 bits per heavy atom. The molecule has 0 bridgehead atoms. The summed E-state index contributed by atoms with van der Waals surface area (Å²) in [6, 6.07) is 10.4. The molecule has 2 amide bonds. The molecule has 4 rings (SSSR count). The van der Waals surface area contributed by atoms with Crippen molar-refractivity contribution in [1.29, 1.82) is 0 Å². The van der Waals surface area contributed by atoms with Gasteiger partial charge in [0.05, 0.1) is 12.3 Å². The highest BCUT2D eigenvalue weighted by Crippen LogP contribution is 2.29. The van der Waals surface area contributed by atoms with Gasteiger partial charge in [-0.3, -0.25) is 4.90 Å². The van der Waals surface area contributed by atoms with Crippen molar-refractivity contribution < 1.29 is 9.53 Å². The van der Waals surface area contributed by atoms with Gasteiger partial charge in [0.1, 0.15) is 5.75 Å². The number of carbonyl (C=O) groups is 1. The number of rotatable bonds is 4. The number of hydrogen-bond acceptors (Lipinski definition) is 4. The minimum Gasteiger partial charge on any atom is -0.492 e. The molecule has 1 aromatic heterocycles. The summed E-state index contributed by atoms with van der Waals surface area (Å²) in [7, 11) is 0. The van der Waals surface area contributed by atoms with Gasteiger partial charge in [0.25, 0.3) is 0 Å². The first-order valence-electron chi connectivity index (χ1n) is 9.81. The zero-order chi connectivity index (χ0) is 18.6. The minimum absolute atomic E-state index is 0.0284. The maximum atomic E-state index is 12.7. The summed E-state index contributed by atoms with van der Waals surface area (Å²) in [6.07, 6.45) is 3.25. The molecule has 1 aromatic carbocycles. The number of urea groups is 1. The average molecular weight is 386 g/mol. The Kier molecular flexibility index (Phi) is 5.64. The third kappa shape index (κ3) is 4.12. The highest BCUT2D eigenvalue weighted by atomic mass is 32.1. The lowest BCUT2D eigenvalue weighted by Gasteiger charge is -2.40. The smallest absolute Gasteiger partial charge is 0.321 e. The fraction of sp³-hybridized carbons (Fsp3) is 0.476. The standard InChI is InChI=1S/C21H27N3O2S/c1-2-26-19-6-4-3-5-18(19)22-21(25)23-11-7-17(8-12-23)24-13-9-20-16(15-24)10-14-27-20/h3-6,10,14,17H,2,7-9,11-13,15H2,1H3,(H,22,25). The second-order valence-electron chi connectivity index (χ2n) is 7.17. The molecule has 1 saturated heterocycles. The van der Waals surface area contributed by atoms with Crippen molar-refractivity contribution >= 4 is 23.1 Å². The van der Waals surface area contributed by atoms with Crippen LogP contribution in [0.3, 0.4) is 0 Å². The fourth-order valence-corrected chi connectivity index (χ4v) is 4.95. The van der Waals surface area contributed by atoms with Gasteiger partial charge < -0.3 is 15.0 Å². The lowest BCUT2D eigenvalue weighted by molar-refractivity contribution is 0.111. The van der Waals surface area contributed by atoms with Crippen molar-refractivity contribution in [3.8, 4) is 5.75 Å². The Balaban J connectivity index is 1.31. The highest BCUT2D eigenvalue weighted by Gasteiger charge is 2.29. The first-order chi connectivity index (χ1) is 13.2. The number of anilines is 1. The molecule has 2 aliphatic heterocycles. The second-order valence-corrected chi connectivity index (χ2v) is 8.17. The van der Waals surface area contributed by atoms with Crippen LogP contribution in [0, 0.1) is 0 Å². The van der Waals surface area contributed by atoms with E-state index in [9.17, 15) is 4.79 Å². The van der Waals surface area contributed by atoms with Crippen molar-refractivity contribution in [2.24, 2.45) is 0 Å². The number of ether oxygens (including phenoxy) is 1. The van der Waals surface area contributed by atoms with Crippen LogP contribution in [-0.2, 0) is 13.0 Å². The van der Waals surface area contributed by atoms with E-state index in [1.165, 1.54) is 12.0 Å². The van der Waals surface area contributed by atoms with Crippen LogP contribution < -0.4 is 10.1 Å². The molecule has 2 aliphatic rings. The quantitative estimate of drug-likeness (QED) is 0.858. The molecule has 5 nitrogen and oxygen atoms in total. The number of nitrogens with one attached hydrogen (secondary N) is 1. The summed E-state index contributed by atoms with van der Waals surface area (Å²) in [5, 5.41) is 5.23. The van der Waals surface area contributed by atoms with Crippen molar-refractivity contribution in [2.45, 2.75) is 38.8 Å². The van der Waals surface area contributed by atoms with Gasteiger partial charge in [-0.15, -0.1) is 11.3 Å². The molecule has 0 unspecified atom stereocenters. The maximum absolute atomic E-state index is 12.7. The topological polar surface area (TPSA) is 44.8 Å². The Morgan fingerprint density at radius 1 is 1.22 bits per heavy atom. The molecule has 0 atom stereocenters. The molecule has 1 fully saturated rings. The predicted octanol–water partition coefficient (Wildman–Crippen LogP) is 4.20. The van der Waals surface area contributed by atoms with E-state index in [1.54, 1.807) is 4.88 Å². The van der Waals surface area contributed by atoms with Crippen LogP contribution in [0.1, 0.15) is 30.2 Å². The molecule has 2 aromatic rings. The number of benzene rings is 1. The highest BCUT2D eigenvalue weighted by molar-refractivity contribution is 7.10. The van der Waals surface area contributed by atoms with Crippen LogP contribution in [-0.4, -0.2) is 48.1 Å². The van der Waals surface area contributed by atoms with E-state index in [0.717, 1.165) is 50.5 Å². The average Bonchev–Trinajstić information content (AvgIpc) is 3.17. The van der Waals surface area contributed by atoms with Crippen molar-refractivity contribution in [2.75, 3.05) is 31.6 Å². The number of fused-ring (bicyclic) bond motifs is 1. The van der Waals surface area contributed by atoms with Gasteiger partial charge in [-0.2, -0.15) is 0 Å². The number of carbonyl (C=O) groups excluding carboxylic acids is 1. The molecular formula is C21H27N3O2S. The first kappa shape index (κ1) is 18.3. The fourth-order valence-electron chi connectivity index (χ4n) is 4.06. The van der Waals surface area contributed by atoms with Crippen molar-refractivity contribution in [3.05, 3.63) is 46.2 Å². The molecule has 0 radical (unpaired) electrons. The van der Waals surface area contributed by atoms with Crippen LogP contribution in [0.4, 0.5) is 10.5 Å². The Bertz CT molecular complexity index is 783. The zero-order valence-electron chi connectivity index (χ0n) is 15.8. The van der Waals surface area contributed by atoms with E-state index in [2.05, 4.69) is 21.7 Å². The van der Waals surface area contributed by atoms with Gasteiger partial charge in [0, 0.05) is 37.1 Å². The summed E-state index contributed by atoms with van der Waals surface area (Å²) >= 11 is 1.89. The summed E-state index contributed by atoms with van der Waals surface area (Å²) in [5.74, 6) is 0.725. The van der Waals surface area contributed by atoms with E-state index in [1.807, 2.05) is 47.4 Å². The first-order valence-corrected chi connectivity index (χ1v) is 10.7. The number of para-hydroxylation sites is 2. The van der Waals surface area contributed by atoms with E-state index >= 15 is 0 Å². The molecule has 144 valence electrons. The summed E-state index contributed by atoms with van der Waals surface area (Å²) in [4.78, 5) is 18.8. The molecule has 0 aliphatic carbocycles. The number of likely N-dealkylation sites (tertiary alicyclic amines) is 1. The Morgan fingerprint density at radius 3 is 2.85 bits per heavy atom. The number of nitrogens with zero attached hydrogens (tertiary/aromatic N) is 2. The van der Waals surface area contributed by atoms with Gasteiger partial charge in [-0.1, -0.05) is 12.1 Å². The van der Waals surface area contributed by atoms with E-state index in [4.69, 9.17) is 4.74 Å². The molecule has 3 heterocycles. The molecule has 6 heteroatoms. The monoisotopic (exact) mass is 385 g/mol. The lowest BCUT2D eigenvalue weighted by atomic mass is 10.00. The SMILES string of the molecule is CCOc1ccccc1NC(=O)N1CCC(N2CCc3sccc3C2)CC1. The number of thiophene rings is 1. The molecule has 27 heavy (non-hydrogen) atoms. The van der Waals surface area contributed by atoms with Crippen LogP contribution in [0.15, 0.2) is 35.7 Å². The Hall–Kier alpha value is -2.05. The number of piperidine rings is 1. The third-order valence-electron chi connectivity index (χ3n) is 5.53. The van der Waals surface area contributed by atoms with Crippen LogP contribution in [0.2, 0.25) is 0 Å². The minimum atomic E-state index is -0.0284. The second kappa shape index (κ2) is 8.31. The summed E-state index contributed by atoms with van der Waals surface area (Å²) in [6.45, 7) is 6.35. The Labute approximate surface area is 164 Å². The molecule has 1 N–H and O–H groups in total. The van der Waals surface area contributed by atoms with E-state index < -0.39 is 0 Å². The van der Waals surface area contributed by atoms with Gasteiger partial charge in [0.2, 0.25) is 0 Å². The number of hydrogen-bond donors (Lipinski definition) is 1. The zero-order valence-corrected chi connectivity index (χ0v) is 16.6.